The van der Waals surface area contributed by atoms with Crippen LogP contribution in [0.3, 0.4) is 0 Å². The van der Waals surface area contributed by atoms with Crippen molar-refractivity contribution < 1.29 is 14.3 Å². The van der Waals surface area contributed by atoms with E-state index in [4.69, 9.17) is 10.5 Å². The number of aliphatic imine (C=N–C) groups is 1. The lowest BCUT2D eigenvalue weighted by molar-refractivity contribution is -0.129. The van der Waals surface area contributed by atoms with Gasteiger partial charge >= 0.3 is 0 Å². The summed E-state index contributed by atoms with van der Waals surface area (Å²) in [6.07, 6.45) is 0. The van der Waals surface area contributed by atoms with Crippen molar-refractivity contribution in [3.63, 3.8) is 0 Å². The lowest BCUT2D eigenvalue weighted by Gasteiger charge is -2.17. The van der Waals surface area contributed by atoms with Crippen LogP contribution in [0.4, 0.5) is 0 Å². The van der Waals surface area contributed by atoms with E-state index in [0.29, 0.717) is 5.75 Å². The molecule has 1 aromatic carbocycles. The molecule has 0 spiro atoms. The molecule has 1 aliphatic rings. The Morgan fingerprint density at radius 2 is 2.00 bits per heavy atom. The number of hydrogen-bond donors (Lipinski definition) is 2. The summed E-state index contributed by atoms with van der Waals surface area (Å²) in [6, 6.07) is 7.80. The Balaban J connectivity index is 1.99. The summed E-state index contributed by atoms with van der Waals surface area (Å²) in [5, 5.41) is 2.41. The van der Waals surface area contributed by atoms with Crippen LogP contribution in [0.15, 0.2) is 35.3 Å². The summed E-state index contributed by atoms with van der Waals surface area (Å²) in [6.45, 7) is 0.0220. The predicted molar refractivity (Wildman–Crippen MR) is 60.5 cm³/mol. The first kappa shape index (κ1) is 11.3. The molecule has 1 heterocycles. The predicted octanol–water partition coefficient (Wildman–Crippen LogP) is -0.552. The summed E-state index contributed by atoms with van der Waals surface area (Å²) < 4.78 is 5.34. The van der Waals surface area contributed by atoms with Gasteiger partial charge in [0.15, 0.2) is 11.9 Å². The average molecular weight is 233 g/mol. The molecular weight excluding hydrogens is 222 g/mol. The van der Waals surface area contributed by atoms with Gasteiger partial charge in [0.1, 0.15) is 12.4 Å². The Bertz CT molecular complexity index is 470. The highest BCUT2D eigenvalue weighted by Crippen LogP contribution is 2.08. The number of ether oxygens (including phenoxy) is 1. The molecule has 6 heteroatoms. The standard InChI is InChI=1S/C11H11N3O3/c12-9-10(15)13-8(14-11(9)16)6-17-7-4-2-1-3-5-7/h1-5,9H,6,12H2,(H,13,14,15,16). The molecule has 2 rings (SSSR count). The molecule has 6 nitrogen and oxygen atoms in total. The fourth-order valence-corrected chi connectivity index (χ4v) is 1.30. The molecule has 0 saturated carbocycles. The van der Waals surface area contributed by atoms with Gasteiger partial charge in [-0.15, -0.1) is 0 Å². The SMILES string of the molecule is NC1C(=O)N=C(COc2ccccc2)NC1=O. The largest absolute Gasteiger partial charge is 0.486 e. The lowest BCUT2D eigenvalue weighted by Crippen LogP contribution is -2.53. The van der Waals surface area contributed by atoms with E-state index in [-0.39, 0.29) is 12.4 Å². The normalized spacial score (nSPS) is 19.6. The van der Waals surface area contributed by atoms with Gasteiger partial charge in [-0.05, 0) is 12.1 Å². The number of para-hydroxylation sites is 1. The van der Waals surface area contributed by atoms with Crippen LogP contribution in [0.25, 0.3) is 0 Å². The zero-order valence-corrected chi connectivity index (χ0v) is 8.92. The Morgan fingerprint density at radius 3 is 2.65 bits per heavy atom. The van der Waals surface area contributed by atoms with Crippen LogP contribution in [0.2, 0.25) is 0 Å². The molecule has 0 saturated heterocycles. The van der Waals surface area contributed by atoms with Gasteiger partial charge in [0.05, 0.1) is 0 Å². The second-order valence-electron chi connectivity index (χ2n) is 3.47. The number of amidine groups is 1. The number of amides is 2. The maximum Gasteiger partial charge on any atom is 0.274 e. The second kappa shape index (κ2) is 4.75. The summed E-state index contributed by atoms with van der Waals surface area (Å²) >= 11 is 0. The highest BCUT2D eigenvalue weighted by atomic mass is 16.5. The van der Waals surface area contributed by atoms with Crippen LogP contribution in [-0.2, 0) is 9.59 Å². The lowest BCUT2D eigenvalue weighted by atomic mass is 10.2. The van der Waals surface area contributed by atoms with E-state index in [1.165, 1.54) is 0 Å². The number of benzene rings is 1. The number of carbonyl (C=O) groups is 2. The smallest absolute Gasteiger partial charge is 0.274 e. The van der Waals surface area contributed by atoms with Crippen LogP contribution >= 0.6 is 0 Å². The molecule has 3 N–H and O–H groups in total. The van der Waals surface area contributed by atoms with Gasteiger partial charge < -0.3 is 15.8 Å². The topological polar surface area (TPSA) is 93.8 Å². The van der Waals surface area contributed by atoms with Gasteiger partial charge in [-0.1, -0.05) is 18.2 Å². The third kappa shape index (κ3) is 2.67. The third-order valence-corrected chi connectivity index (χ3v) is 2.18. The first-order chi connectivity index (χ1) is 8.16. The minimum absolute atomic E-state index is 0.0220. The van der Waals surface area contributed by atoms with E-state index in [1.54, 1.807) is 12.1 Å². The van der Waals surface area contributed by atoms with E-state index in [1.807, 2.05) is 18.2 Å². The molecule has 0 bridgehead atoms. The van der Waals surface area contributed by atoms with Crippen molar-refractivity contribution in [3.8, 4) is 5.75 Å². The summed E-state index contributed by atoms with van der Waals surface area (Å²) in [5.74, 6) is -0.408. The first-order valence-corrected chi connectivity index (χ1v) is 5.02. The molecule has 17 heavy (non-hydrogen) atoms. The van der Waals surface area contributed by atoms with Crippen molar-refractivity contribution in [2.45, 2.75) is 6.04 Å². The highest BCUT2D eigenvalue weighted by Gasteiger charge is 2.28. The van der Waals surface area contributed by atoms with Crippen molar-refractivity contribution in [2.75, 3.05) is 6.61 Å². The monoisotopic (exact) mass is 233 g/mol. The van der Waals surface area contributed by atoms with Crippen molar-refractivity contribution >= 4 is 17.6 Å². The maximum absolute atomic E-state index is 11.2. The van der Waals surface area contributed by atoms with E-state index in [2.05, 4.69) is 10.3 Å². The number of rotatable bonds is 3. The molecule has 0 fully saturated rings. The molecular formula is C11H11N3O3. The molecule has 88 valence electrons. The summed E-state index contributed by atoms with van der Waals surface area (Å²) in [4.78, 5) is 26.1. The molecule has 0 aliphatic carbocycles. The summed E-state index contributed by atoms with van der Waals surface area (Å²) in [7, 11) is 0. The van der Waals surface area contributed by atoms with Crippen LogP contribution in [0.1, 0.15) is 0 Å². The minimum atomic E-state index is -1.21. The van der Waals surface area contributed by atoms with Crippen molar-refractivity contribution in [1.82, 2.24) is 5.32 Å². The zero-order chi connectivity index (χ0) is 12.3. The van der Waals surface area contributed by atoms with E-state index in [9.17, 15) is 9.59 Å². The highest BCUT2D eigenvalue weighted by molar-refractivity contribution is 6.18. The van der Waals surface area contributed by atoms with Gasteiger partial charge in [-0.2, -0.15) is 4.99 Å². The molecule has 1 aromatic rings. The van der Waals surface area contributed by atoms with Crippen LogP contribution < -0.4 is 15.8 Å². The fourth-order valence-electron chi connectivity index (χ4n) is 1.30. The number of carbonyl (C=O) groups excluding carboxylic acids is 2. The Kier molecular flexibility index (Phi) is 3.15. The van der Waals surface area contributed by atoms with Gasteiger partial charge in [0.25, 0.3) is 11.8 Å². The number of nitrogens with one attached hydrogen (secondary N) is 1. The van der Waals surface area contributed by atoms with Gasteiger partial charge in [-0.25, -0.2) is 0 Å². The van der Waals surface area contributed by atoms with E-state index < -0.39 is 17.9 Å². The Morgan fingerprint density at radius 1 is 1.29 bits per heavy atom. The van der Waals surface area contributed by atoms with Crippen LogP contribution in [0, 0.1) is 0 Å². The van der Waals surface area contributed by atoms with Crippen molar-refractivity contribution in [2.24, 2.45) is 10.7 Å². The molecule has 0 radical (unpaired) electrons. The molecule has 0 aromatic heterocycles. The summed E-state index contributed by atoms with van der Waals surface area (Å²) in [5.41, 5.74) is 5.28. The van der Waals surface area contributed by atoms with Crippen molar-refractivity contribution in [3.05, 3.63) is 30.3 Å². The van der Waals surface area contributed by atoms with Crippen LogP contribution in [-0.4, -0.2) is 30.3 Å². The van der Waals surface area contributed by atoms with Gasteiger partial charge in [-0.3, -0.25) is 9.59 Å². The zero-order valence-electron chi connectivity index (χ0n) is 8.92. The minimum Gasteiger partial charge on any atom is -0.486 e. The van der Waals surface area contributed by atoms with Gasteiger partial charge in [0.2, 0.25) is 0 Å². The Labute approximate surface area is 97.5 Å². The molecule has 1 atom stereocenters. The molecule has 1 unspecified atom stereocenters. The van der Waals surface area contributed by atoms with Crippen molar-refractivity contribution in [1.29, 1.82) is 0 Å². The first-order valence-electron chi connectivity index (χ1n) is 5.02. The molecule has 2 amide bonds. The quantitative estimate of drug-likeness (QED) is 0.685. The third-order valence-electron chi connectivity index (χ3n) is 2.18. The van der Waals surface area contributed by atoms with Gasteiger partial charge in [0, 0.05) is 0 Å². The molecule has 1 aliphatic heterocycles. The number of nitrogens with two attached hydrogens (primary N) is 1. The Hall–Kier alpha value is -2.21. The second-order valence-corrected chi connectivity index (χ2v) is 3.47. The van der Waals surface area contributed by atoms with E-state index in [0.717, 1.165) is 0 Å². The van der Waals surface area contributed by atoms with Crippen LogP contribution in [0.5, 0.6) is 5.75 Å². The maximum atomic E-state index is 11.2. The number of nitrogens with zero attached hydrogens (tertiary/aromatic N) is 1. The fraction of sp³-hybridized carbons (Fsp3) is 0.182. The van der Waals surface area contributed by atoms with E-state index >= 15 is 0 Å². The average Bonchev–Trinajstić information content (AvgIpc) is 2.34. The number of hydrogen-bond acceptors (Lipinski definition) is 4.